The van der Waals surface area contributed by atoms with Gasteiger partial charge >= 0.3 is 0 Å². The molecule has 0 unspecified atom stereocenters. The van der Waals surface area contributed by atoms with Gasteiger partial charge < -0.3 is 28.7 Å². The van der Waals surface area contributed by atoms with Crippen LogP contribution in [0.25, 0.3) is 0 Å². The van der Waals surface area contributed by atoms with E-state index in [2.05, 4.69) is 49.8 Å². The monoisotopic (exact) mass is 754 g/mol. The van der Waals surface area contributed by atoms with E-state index in [4.69, 9.17) is 42.1 Å². The summed E-state index contributed by atoms with van der Waals surface area (Å²) in [5.41, 5.74) is 7.60. The topological polar surface area (TPSA) is 135 Å². The summed E-state index contributed by atoms with van der Waals surface area (Å²) < 4.78 is 23.1. The summed E-state index contributed by atoms with van der Waals surface area (Å²) in [6.07, 6.45) is 7.45. The van der Waals surface area contributed by atoms with Gasteiger partial charge in [0.2, 0.25) is 0 Å². The van der Waals surface area contributed by atoms with Crippen LogP contribution in [0.2, 0.25) is 0 Å². The van der Waals surface area contributed by atoms with Crippen molar-refractivity contribution < 1.29 is 23.7 Å². The van der Waals surface area contributed by atoms with E-state index in [1.54, 1.807) is 44.8 Å². The highest BCUT2D eigenvalue weighted by Gasteiger charge is 2.25. The van der Waals surface area contributed by atoms with Gasteiger partial charge in [0.15, 0.2) is 11.7 Å². The van der Waals surface area contributed by atoms with Crippen molar-refractivity contribution in [3.8, 4) is 11.5 Å². The van der Waals surface area contributed by atoms with E-state index in [0.29, 0.717) is 84.7 Å². The van der Waals surface area contributed by atoms with Gasteiger partial charge in [0, 0.05) is 70.0 Å². The summed E-state index contributed by atoms with van der Waals surface area (Å²) in [5, 5.41) is 8.84. The molecule has 0 saturated carbocycles. The number of likely N-dealkylation sites (N-methyl/N-ethyl adjacent to an activating group) is 1. The highest BCUT2D eigenvalue weighted by Crippen LogP contribution is 2.24. The lowest BCUT2D eigenvalue weighted by Gasteiger charge is -2.30. The number of anilines is 2. The number of pyridine rings is 2. The lowest BCUT2D eigenvalue weighted by Crippen LogP contribution is -2.37. The molecule has 1 amide bonds. The lowest BCUT2D eigenvalue weighted by atomic mass is 10.0. The number of carbonyl (C=O) groups excluding carboxylic acids is 1. The number of amidine groups is 2. The maximum absolute atomic E-state index is 13.1. The molecule has 15 heteroatoms. The number of carbonyl (C=O) groups is 1. The number of aromatic nitrogens is 2. The fraction of sp³-hybridized carbons (Fsp3) is 0.432. The zero-order valence-corrected chi connectivity index (χ0v) is 32.1. The largest absolute Gasteiger partial charge is 0.486 e. The molecule has 52 heavy (non-hydrogen) atoms. The maximum Gasteiger partial charge on any atom is 0.253 e. The van der Waals surface area contributed by atoms with Crippen LogP contribution in [-0.4, -0.2) is 91.0 Å². The molecular formula is C37H48Cl2N8O5. The molecule has 0 spiro atoms. The molecule has 13 nitrogen and oxygen atoms in total. The molecule has 0 radical (unpaired) electrons. The third-order valence-corrected chi connectivity index (χ3v) is 8.39. The van der Waals surface area contributed by atoms with Gasteiger partial charge in [0.1, 0.15) is 28.5 Å². The van der Waals surface area contributed by atoms with Crippen LogP contribution in [-0.2, 0) is 14.3 Å². The number of ether oxygens (including phenoxy) is 4. The van der Waals surface area contributed by atoms with Gasteiger partial charge in [-0.1, -0.05) is 0 Å². The zero-order valence-electron chi connectivity index (χ0n) is 30.6. The first-order valence-corrected chi connectivity index (χ1v) is 18.0. The minimum atomic E-state index is -0.469. The normalized spacial score (nSPS) is 13.2. The van der Waals surface area contributed by atoms with Gasteiger partial charge in [0.25, 0.3) is 5.91 Å². The number of hydrazone groups is 2. The Labute approximate surface area is 316 Å². The van der Waals surface area contributed by atoms with E-state index in [0.717, 1.165) is 12.1 Å². The summed E-state index contributed by atoms with van der Waals surface area (Å²) in [6, 6.07) is 14.6. The Balaban J connectivity index is 1.31. The van der Waals surface area contributed by atoms with Crippen LogP contribution in [0, 0.1) is 0 Å². The maximum atomic E-state index is 13.1. The molecule has 2 N–H and O–H groups in total. The molecule has 0 atom stereocenters. The number of rotatable bonds is 20. The molecule has 0 saturated heterocycles. The number of alkyl halides is 2. The molecule has 1 aliphatic rings. The van der Waals surface area contributed by atoms with E-state index >= 15 is 0 Å². The molecule has 0 bridgehead atoms. The second kappa shape index (κ2) is 19.4. The predicted octanol–water partition coefficient (Wildman–Crippen LogP) is 5.91. The first-order chi connectivity index (χ1) is 24.9. The number of hydrogen-bond donors (Lipinski definition) is 2. The fourth-order valence-electron chi connectivity index (χ4n) is 4.99. The number of methoxy groups -OCH3 is 1. The third-order valence-electron chi connectivity index (χ3n) is 8.05. The summed E-state index contributed by atoms with van der Waals surface area (Å²) in [4.78, 5) is 25.6. The summed E-state index contributed by atoms with van der Waals surface area (Å²) in [5.74, 6) is 2.59. The SMILES string of the molecule is COCCC(C)(C)OCCC(C)(C)Oc1ccc(C2=NNC(c3ncccc3N(C)C(=O)/C=C/Oc3ccc(N(CCCl)CCCl)cc3)=NN2)nc1. The molecule has 3 aromatic rings. The van der Waals surface area contributed by atoms with E-state index < -0.39 is 5.60 Å². The number of halogens is 2. The van der Waals surface area contributed by atoms with Gasteiger partial charge in [-0.2, -0.15) is 10.2 Å². The quantitative estimate of drug-likeness (QED) is 0.0815. The molecule has 2 aromatic heterocycles. The Morgan fingerprint density at radius 3 is 2.17 bits per heavy atom. The Hall–Kier alpha value is -4.43. The van der Waals surface area contributed by atoms with Crippen molar-refractivity contribution in [1.29, 1.82) is 0 Å². The molecular weight excluding hydrogens is 707 g/mol. The molecule has 0 aliphatic carbocycles. The predicted molar refractivity (Wildman–Crippen MR) is 207 cm³/mol. The summed E-state index contributed by atoms with van der Waals surface area (Å²) in [6.45, 7) is 10.7. The van der Waals surface area contributed by atoms with Gasteiger partial charge in [0.05, 0.1) is 30.4 Å². The highest BCUT2D eigenvalue weighted by molar-refractivity contribution is 6.18. The average Bonchev–Trinajstić information content (AvgIpc) is 3.14. The van der Waals surface area contributed by atoms with E-state index in [1.165, 1.54) is 17.2 Å². The van der Waals surface area contributed by atoms with Gasteiger partial charge in [-0.25, -0.2) is 4.98 Å². The van der Waals surface area contributed by atoms with Crippen molar-refractivity contribution in [1.82, 2.24) is 20.8 Å². The minimum absolute atomic E-state index is 0.272. The van der Waals surface area contributed by atoms with E-state index in [9.17, 15) is 4.79 Å². The van der Waals surface area contributed by atoms with Crippen LogP contribution in [0.15, 0.2) is 83.5 Å². The van der Waals surface area contributed by atoms with Crippen LogP contribution in [0.4, 0.5) is 11.4 Å². The smallest absolute Gasteiger partial charge is 0.253 e. The number of nitrogens with one attached hydrogen (secondary N) is 2. The highest BCUT2D eigenvalue weighted by atomic mass is 35.5. The Morgan fingerprint density at radius 1 is 0.865 bits per heavy atom. The van der Waals surface area contributed by atoms with E-state index in [1.807, 2.05) is 44.2 Å². The molecule has 4 rings (SSSR count). The van der Waals surface area contributed by atoms with Crippen molar-refractivity contribution in [3.05, 3.63) is 84.7 Å². The molecule has 3 heterocycles. The summed E-state index contributed by atoms with van der Waals surface area (Å²) in [7, 11) is 3.33. The first kappa shape index (κ1) is 40.3. The number of amides is 1. The molecule has 1 aromatic carbocycles. The standard InChI is InChI=1S/C37H48Cl2N8O5/c1-36(2,16-24-49-6)51-25-17-37(3,4)52-29-13-14-30(41-26-29)34-42-44-35(45-43-34)33-31(8-7-20-40-33)46(5)32(48)15-23-50-28-11-9-27(10-12-28)47(21-18-38)22-19-39/h7-15,20,23,26H,16-19,21-22,24-25H2,1-6H3,(H,42,43)(H,44,45)/b23-15+. The molecule has 1 aliphatic heterocycles. The summed E-state index contributed by atoms with van der Waals surface area (Å²) >= 11 is 11.8. The second-order valence-electron chi connectivity index (χ2n) is 13.0. The van der Waals surface area contributed by atoms with Crippen LogP contribution in [0.1, 0.15) is 51.9 Å². The molecule has 0 fully saturated rings. The zero-order chi connectivity index (χ0) is 37.6. The Bertz CT molecular complexity index is 1680. The fourth-order valence-corrected chi connectivity index (χ4v) is 5.40. The van der Waals surface area contributed by atoms with Crippen molar-refractivity contribution >= 4 is 52.2 Å². The number of nitrogens with zero attached hydrogens (tertiary/aromatic N) is 6. The molecule has 280 valence electrons. The number of hydrogen-bond acceptors (Lipinski definition) is 12. The van der Waals surface area contributed by atoms with Gasteiger partial charge in [-0.05, 0) is 82.6 Å². The van der Waals surface area contributed by atoms with Crippen LogP contribution in [0.5, 0.6) is 11.5 Å². The van der Waals surface area contributed by atoms with Crippen molar-refractivity contribution in [2.24, 2.45) is 10.2 Å². The first-order valence-electron chi connectivity index (χ1n) is 16.9. The third kappa shape index (κ3) is 12.1. The van der Waals surface area contributed by atoms with Gasteiger partial charge in [-0.15, -0.1) is 23.2 Å². The average molecular weight is 756 g/mol. The Morgan fingerprint density at radius 2 is 1.54 bits per heavy atom. The Kier molecular flexibility index (Phi) is 15.1. The van der Waals surface area contributed by atoms with Crippen molar-refractivity contribution in [2.45, 2.75) is 51.7 Å². The van der Waals surface area contributed by atoms with Crippen LogP contribution >= 0.6 is 23.2 Å². The van der Waals surface area contributed by atoms with Gasteiger partial charge in [-0.3, -0.25) is 20.6 Å². The lowest BCUT2D eigenvalue weighted by molar-refractivity contribution is -0.114. The van der Waals surface area contributed by atoms with Crippen LogP contribution in [0.3, 0.4) is 0 Å². The van der Waals surface area contributed by atoms with E-state index in [-0.39, 0.29) is 11.5 Å². The minimum Gasteiger partial charge on any atom is -0.486 e. The van der Waals surface area contributed by atoms with Crippen LogP contribution < -0.4 is 30.1 Å². The van der Waals surface area contributed by atoms with Crippen molar-refractivity contribution in [3.63, 3.8) is 0 Å². The van der Waals surface area contributed by atoms with Crippen molar-refractivity contribution in [2.75, 3.05) is 62.0 Å². The second-order valence-corrected chi connectivity index (χ2v) is 13.8. The number of benzene rings is 1.